The molecule has 1 aromatic rings. The van der Waals surface area contributed by atoms with Crippen LogP contribution in [0.5, 0.6) is 0 Å². The molecule has 1 rings (SSSR count). The molecule has 0 aromatic heterocycles. The average Bonchev–Trinajstić information content (AvgIpc) is 2.45. The van der Waals surface area contributed by atoms with Crippen LogP contribution in [0.15, 0.2) is 18.2 Å². The Balaban J connectivity index is 2.70. The number of aryl methyl sites for hydroxylation is 1. The number of hydrogen-bond acceptors (Lipinski definition) is 3. The van der Waals surface area contributed by atoms with Crippen molar-refractivity contribution in [3.8, 4) is 0 Å². The first-order valence-electron chi connectivity index (χ1n) is 7.07. The Morgan fingerprint density at radius 3 is 2.48 bits per heavy atom. The number of carbonyl (C=O) groups is 1. The molecule has 0 saturated carbocycles. The number of rotatable bonds is 7. The van der Waals surface area contributed by atoms with Crippen LogP contribution in [0.2, 0.25) is 0 Å². The zero-order valence-corrected chi connectivity index (χ0v) is 14.1. The van der Waals surface area contributed by atoms with Crippen molar-refractivity contribution in [1.29, 1.82) is 0 Å². The van der Waals surface area contributed by atoms with E-state index in [1.54, 1.807) is 6.92 Å². The molecule has 1 aromatic carbocycles. The number of nitrogens with one attached hydrogen (secondary N) is 1. The second-order valence-corrected chi connectivity index (χ2v) is 6.24. The maximum atomic E-state index is 12.1. The Morgan fingerprint density at radius 1 is 1.38 bits per heavy atom. The van der Waals surface area contributed by atoms with E-state index in [4.69, 9.17) is 0 Å². The first-order valence-corrected chi connectivity index (χ1v) is 7.99. The second kappa shape index (κ2) is 8.12. The van der Waals surface area contributed by atoms with Gasteiger partial charge in [0.2, 0.25) is 0 Å². The van der Waals surface area contributed by atoms with Crippen molar-refractivity contribution in [2.45, 2.75) is 38.4 Å². The summed E-state index contributed by atoms with van der Waals surface area (Å²) < 4.78 is 0. The second-order valence-electron chi connectivity index (χ2n) is 5.06. The minimum atomic E-state index is -0.462. The van der Waals surface area contributed by atoms with Crippen LogP contribution in [-0.2, 0) is 0 Å². The summed E-state index contributed by atoms with van der Waals surface area (Å²) in [5.41, 5.74) is 1.08. The minimum Gasteiger partial charge on any atom is -0.351 e. The molecule has 0 aliphatic rings. The van der Waals surface area contributed by atoms with Gasteiger partial charge in [-0.15, -0.1) is 0 Å². The molecular weight excluding hydrogens is 336 g/mol. The van der Waals surface area contributed by atoms with Crippen LogP contribution in [0.4, 0.5) is 5.69 Å². The molecule has 0 aliphatic carbocycles. The lowest BCUT2D eigenvalue weighted by Gasteiger charge is -2.20. The van der Waals surface area contributed by atoms with Crippen molar-refractivity contribution in [2.75, 3.05) is 6.54 Å². The van der Waals surface area contributed by atoms with Crippen LogP contribution >= 0.6 is 15.9 Å². The third-order valence-corrected chi connectivity index (χ3v) is 4.75. The number of halogens is 1. The molecule has 1 unspecified atom stereocenters. The fraction of sp³-hybridized carbons (Fsp3) is 0.533. The monoisotopic (exact) mass is 356 g/mol. The van der Waals surface area contributed by atoms with Crippen LogP contribution < -0.4 is 5.32 Å². The van der Waals surface area contributed by atoms with Crippen molar-refractivity contribution >= 4 is 27.5 Å². The van der Waals surface area contributed by atoms with Gasteiger partial charge in [0.25, 0.3) is 11.6 Å². The smallest absolute Gasteiger partial charge is 0.269 e. The molecule has 1 N–H and O–H groups in total. The van der Waals surface area contributed by atoms with Gasteiger partial charge in [-0.25, -0.2) is 0 Å². The van der Waals surface area contributed by atoms with Gasteiger partial charge < -0.3 is 5.32 Å². The quantitative estimate of drug-likeness (QED) is 0.458. The van der Waals surface area contributed by atoms with Gasteiger partial charge >= 0.3 is 0 Å². The van der Waals surface area contributed by atoms with Crippen LogP contribution in [0.25, 0.3) is 0 Å². The van der Waals surface area contributed by atoms with Crippen molar-refractivity contribution in [3.63, 3.8) is 0 Å². The number of alkyl halides is 1. The molecule has 1 atom stereocenters. The van der Waals surface area contributed by atoms with Crippen LogP contribution in [-0.4, -0.2) is 22.2 Å². The van der Waals surface area contributed by atoms with E-state index >= 15 is 0 Å². The Kier molecular flexibility index (Phi) is 6.81. The number of amides is 1. The number of non-ortho nitro benzene ring substituents is 1. The Labute approximate surface area is 133 Å². The normalized spacial score (nSPS) is 12.2. The zero-order valence-electron chi connectivity index (χ0n) is 12.6. The highest BCUT2D eigenvalue weighted by atomic mass is 79.9. The van der Waals surface area contributed by atoms with Crippen molar-refractivity contribution in [3.05, 3.63) is 39.4 Å². The highest BCUT2D eigenvalue weighted by molar-refractivity contribution is 9.09. The molecule has 6 heteroatoms. The van der Waals surface area contributed by atoms with Gasteiger partial charge in [0, 0.05) is 29.1 Å². The predicted octanol–water partition coefficient (Wildman–Crippen LogP) is 3.83. The maximum absolute atomic E-state index is 12.1. The summed E-state index contributed by atoms with van der Waals surface area (Å²) in [5, 5.41) is 13.6. The molecule has 0 saturated heterocycles. The number of carbonyl (C=O) groups excluding carboxylic acids is 1. The summed E-state index contributed by atoms with van der Waals surface area (Å²) >= 11 is 3.61. The molecule has 0 aliphatic heterocycles. The molecule has 0 fully saturated rings. The van der Waals surface area contributed by atoms with Gasteiger partial charge in [0.1, 0.15) is 0 Å². The standard InChI is InChI=1S/C15H21BrN2O3/c1-4-11(5-2)14(16)9-17-15(19)13-7-6-12(18(20)21)8-10(13)3/h6-8,11,14H,4-5,9H2,1-3H3,(H,17,19). The van der Waals surface area contributed by atoms with Gasteiger partial charge in [-0.05, 0) is 24.5 Å². The summed E-state index contributed by atoms with van der Waals surface area (Å²) in [4.78, 5) is 22.6. The third-order valence-electron chi connectivity index (χ3n) is 3.68. The van der Waals surface area contributed by atoms with Crippen LogP contribution in [0.3, 0.4) is 0 Å². The Hall–Kier alpha value is -1.43. The van der Waals surface area contributed by atoms with Gasteiger partial charge in [0.15, 0.2) is 0 Å². The van der Waals surface area contributed by atoms with E-state index in [9.17, 15) is 14.9 Å². The summed E-state index contributed by atoms with van der Waals surface area (Å²) in [6, 6.07) is 4.28. The van der Waals surface area contributed by atoms with Crippen LogP contribution in [0.1, 0.15) is 42.6 Å². The SMILES string of the molecule is CCC(CC)C(Br)CNC(=O)c1ccc([N+](=O)[O-])cc1C. The van der Waals surface area contributed by atoms with Crippen LogP contribution in [0, 0.1) is 23.0 Å². The summed E-state index contributed by atoms with van der Waals surface area (Å²) in [5.74, 6) is 0.320. The van der Waals surface area contributed by atoms with Gasteiger partial charge in [-0.3, -0.25) is 14.9 Å². The van der Waals surface area contributed by atoms with E-state index in [0.29, 0.717) is 23.6 Å². The lowest BCUT2D eigenvalue weighted by Crippen LogP contribution is -2.33. The van der Waals surface area contributed by atoms with E-state index in [1.807, 2.05) is 0 Å². The molecule has 21 heavy (non-hydrogen) atoms. The summed E-state index contributed by atoms with van der Waals surface area (Å²) in [6.07, 6.45) is 2.11. The topological polar surface area (TPSA) is 72.2 Å². The first-order chi connectivity index (χ1) is 9.90. The van der Waals surface area contributed by atoms with Crippen molar-refractivity contribution < 1.29 is 9.72 Å². The predicted molar refractivity (Wildman–Crippen MR) is 87.0 cm³/mol. The van der Waals surface area contributed by atoms with E-state index in [1.165, 1.54) is 18.2 Å². The highest BCUT2D eigenvalue weighted by Crippen LogP contribution is 2.20. The van der Waals surface area contributed by atoms with E-state index < -0.39 is 4.92 Å². The molecule has 5 nitrogen and oxygen atoms in total. The minimum absolute atomic E-state index is 0.000511. The lowest BCUT2D eigenvalue weighted by molar-refractivity contribution is -0.384. The van der Waals surface area contributed by atoms with Gasteiger partial charge in [0.05, 0.1) is 4.92 Å². The molecule has 1 amide bonds. The van der Waals surface area contributed by atoms with E-state index in [0.717, 1.165) is 12.8 Å². The Bertz CT molecular complexity index is 516. The third kappa shape index (κ3) is 4.81. The number of hydrogen-bond donors (Lipinski definition) is 1. The summed E-state index contributed by atoms with van der Waals surface area (Å²) in [7, 11) is 0. The fourth-order valence-electron chi connectivity index (χ4n) is 2.27. The van der Waals surface area contributed by atoms with E-state index in [2.05, 4.69) is 35.1 Å². The number of nitro groups is 1. The largest absolute Gasteiger partial charge is 0.351 e. The lowest BCUT2D eigenvalue weighted by atomic mass is 9.99. The molecule has 0 spiro atoms. The van der Waals surface area contributed by atoms with E-state index in [-0.39, 0.29) is 16.4 Å². The van der Waals surface area contributed by atoms with Crippen molar-refractivity contribution in [2.24, 2.45) is 5.92 Å². The highest BCUT2D eigenvalue weighted by Gasteiger charge is 2.18. The van der Waals surface area contributed by atoms with Gasteiger partial charge in [-0.1, -0.05) is 42.6 Å². The zero-order chi connectivity index (χ0) is 16.0. The first kappa shape index (κ1) is 17.6. The average molecular weight is 357 g/mol. The molecule has 0 bridgehead atoms. The summed E-state index contributed by atoms with van der Waals surface area (Å²) in [6.45, 7) is 6.51. The van der Waals surface area contributed by atoms with Gasteiger partial charge in [-0.2, -0.15) is 0 Å². The van der Waals surface area contributed by atoms with Crippen molar-refractivity contribution in [1.82, 2.24) is 5.32 Å². The molecule has 0 heterocycles. The number of nitro benzene ring substituents is 1. The maximum Gasteiger partial charge on any atom is 0.269 e. The fourth-order valence-corrected chi connectivity index (χ4v) is 3.18. The number of benzene rings is 1. The number of nitrogens with zero attached hydrogens (tertiary/aromatic N) is 1. The molecule has 0 radical (unpaired) electrons. The Morgan fingerprint density at radius 2 is 2.00 bits per heavy atom. The molecular formula is C15H21BrN2O3. The molecule has 116 valence electrons.